The Balaban J connectivity index is 5.27. The van der Waals surface area contributed by atoms with Gasteiger partial charge in [-0.1, -0.05) is 41.5 Å². The highest BCUT2D eigenvalue weighted by atomic mass is 15.3. The normalized spacial score (nSPS) is 17.1. The van der Waals surface area contributed by atoms with Gasteiger partial charge in [0.25, 0.3) is 0 Å². The van der Waals surface area contributed by atoms with Crippen LogP contribution in [0.25, 0.3) is 0 Å². The molecule has 0 aliphatic carbocycles. The standard InChI is InChI=1S/C17H36N/c1-9-15(5)13-18(8,16(10-2)11-3)14-17(6,7)12-4/h13,16H,9-12,14H2,1-8H3/q+1. The molecule has 1 unspecified atom stereocenters. The van der Waals surface area contributed by atoms with Gasteiger partial charge in [0.1, 0.15) is 0 Å². The highest BCUT2D eigenvalue weighted by molar-refractivity contribution is 4.92. The predicted molar refractivity (Wildman–Crippen MR) is 83.5 cm³/mol. The number of quaternary nitrogens is 1. The Bertz CT molecular complexity index is 261. The van der Waals surface area contributed by atoms with Gasteiger partial charge in [0, 0.05) is 5.41 Å². The summed E-state index contributed by atoms with van der Waals surface area (Å²) in [6.45, 7) is 17.6. The van der Waals surface area contributed by atoms with Gasteiger partial charge >= 0.3 is 0 Å². The van der Waals surface area contributed by atoms with Crippen molar-refractivity contribution < 1.29 is 4.48 Å². The number of hydrogen-bond donors (Lipinski definition) is 0. The van der Waals surface area contributed by atoms with Gasteiger partial charge in [-0.2, -0.15) is 0 Å². The van der Waals surface area contributed by atoms with Crippen LogP contribution in [0.4, 0.5) is 0 Å². The van der Waals surface area contributed by atoms with Crippen LogP contribution in [-0.2, 0) is 0 Å². The van der Waals surface area contributed by atoms with Crippen LogP contribution in [0.2, 0.25) is 0 Å². The molecule has 0 aromatic carbocycles. The van der Waals surface area contributed by atoms with E-state index in [4.69, 9.17) is 0 Å². The molecule has 0 spiro atoms. The quantitative estimate of drug-likeness (QED) is 0.511. The molecule has 1 heteroatoms. The molecule has 0 aliphatic heterocycles. The first-order valence-corrected chi connectivity index (χ1v) is 7.77. The highest BCUT2D eigenvalue weighted by Crippen LogP contribution is 2.30. The summed E-state index contributed by atoms with van der Waals surface area (Å²) in [4.78, 5) is 0. The fourth-order valence-corrected chi connectivity index (χ4v) is 3.03. The maximum atomic E-state index is 2.52. The van der Waals surface area contributed by atoms with Crippen LogP contribution in [0.1, 0.15) is 74.1 Å². The lowest BCUT2D eigenvalue weighted by atomic mass is 9.87. The van der Waals surface area contributed by atoms with Crippen molar-refractivity contribution in [2.24, 2.45) is 5.41 Å². The van der Waals surface area contributed by atoms with Gasteiger partial charge in [-0.05, 0) is 38.2 Å². The zero-order valence-corrected chi connectivity index (χ0v) is 14.1. The summed E-state index contributed by atoms with van der Waals surface area (Å²) in [6.07, 6.45) is 7.47. The molecule has 0 fully saturated rings. The molecule has 0 aliphatic rings. The van der Waals surface area contributed by atoms with Crippen molar-refractivity contribution in [1.82, 2.24) is 0 Å². The first kappa shape index (κ1) is 17.7. The molecule has 0 radical (unpaired) electrons. The summed E-state index contributed by atoms with van der Waals surface area (Å²) in [5, 5.41) is 0. The Morgan fingerprint density at radius 3 is 1.94 bits per heavy atom. The molecule has 0 saturated heterocycles. The van der Waals surface area contributed by atoms with Gasteiger partial charge in [0.2, 0.25) is 0 Å². The van der Waals surface area contributed by atoms with Gasteiger partial charge in [0.15, 0.2) is 0 Å². The third kappa shape index (κ3) is 5.14. The number of allylic oxidation sites excluding steroid dienone is 1. The molecule has 1 nitrogen and oxygen atoms in total. The van der Waals surface area contributed by atoms with E-state index in [1.807, 2.05) is 0 Å². The lowest BCUT2D eigenvalue weighted by Crippen LogP contribution is -2.52. The van der Waals surface area contributed by atoms with E-state index in [0.29, 0.717) is 5.41 Å². The molecule has 0 rings (SSSR count). The van der Waals surface area contributed by atoms with E-state index in [1.165, 1.54) is 37.8 Å². The first-order chi connectivity index (χ1) is 8.24. The molecule has 0 heterocycles. The molecule has 108 valence electrons. The molecule has 0 amide bonds. The Morgan fingerprint density at radius 1 is 1.11 bits per heavy atom. The van der Waals surface area contributed by atoms with E-state index in [-0.39, 0.29) is 0 Å². The minimum atomic E-state index is 0.419. The van der Waals surface area contributed by atoms with Crippen LogP contribution < -0.4 is 0 Å². The van der Waals surface area contributed by atoms with Gasteiger partial charge in [-0.15, -0.1) is 0 Å². The monoisotopic (exact) mass is 254 g/mol. The van der Waals surface area contributed by atoms with Crippen molar-refractivity contribution in [3.63, 3.8) is 0 Å². The van der Waals surface area contributed by atoms with Crippen LogP contribution in [0.5, 0.6) is 0 Å². The third-order valence-electron chi connectivity index (χ3n) is 4.58. The minimum Gasteiger partial charge on any atom is -0.297 e. The van der Waals surface area contributed by atoms with E-state index in [9.17, 15) is 0 Å². The average molecular weight is 254 g/mol. The maximum Gasteiger partial charge on any atom is 0.0947 e. The van der Waals surface area contributed by atoms with Crippen molar-refractivity contribution in [3.8, 4) is 0 Å². The second kappa shape index (κ2) is 7.33. The largest absolute Gasteiger partial charge is 0.297 e. The topological polar surface area (TPSA) is 0 Å². The number of hydrogen-bond acceptors (Lipinski definition) is 0. The zero-order valence-electron chi connectivity index (χ0n) is 14.1. The zero-order chi connectivity index (χ0) is 14.4. The summed E-state index contributed by atoms with van der Waals surface area (Å²) in [7, 11) is 2.42. The van der Waals surface area contributed by atoms with Gasteiger partial charge < -0.3 is 0 Å². The average Bonchev–Trinajstić information content (AvgIpc) is 2.29. The van der Waals surface area contributed by atoms with Crippen LogP contribution in [0, 0.1) is 5.41 Å². The van der Waals surface area contributed by atoms with Gasteiger partial charge in [-0.25, -0.2) is 0 Å². The van der Waals surface area contributed by atoms with Crippen molar-refractivity contribution in [3.05, 3.63) is 11.8 Å². The highest BCUT2D eigenvalue weighted by Gasteiger charge is 2.34. The molecular formula is C17H36N+. The van der Waals surface area contributed by atoms with Crippen LogP contribution in [0.3, 0.4) is 0 Å². The molecule has 0 aromatic rings. The Kier molecular flexibility index (Phi) is 7.21. The maximum absolute atomic E-state index is 2.52. The second-order valence-corrected chi connectivity index (χ2v) is 6.82. The third-order valence-corrected chi connectivity index (χ3v) is 4.58. The van der Waals surface area contributed by atoms with E-state index in [1.54, 1.807) is 0 Å². The Hall–Kier alpha value is -0.300. The summed E-state index contributed by atoms with van der Waals surface area (Å²) in [5.74, 6) is 0. The number of rotatable bonds is 8. The van der Waals surface area contributed by atoms with E-state index in [2.05, 4.69) is 61.7 Å². The van der Waals surface area contributed by atoms with Gasteiger partial charge in [-0.3, -0.25) is 4.48 Å². The molecule has 1 atom stereocenters. The lowest BCUT2D eigenvalue weighted by Gasteiger charge is -2.43. The summed E-state index contributed by atoms with van der Waals surface area (Å²) >= 11 is 0. The second-order valence-electron chi connectivity index (χ2n) is 6.82. The fourth-order valence-electron chi connectivity index (χ4n) is 3.03. The number of nitrogens with zero attached hydrogens (tertiary/aromatic N) is 1. The molecule has 0 aromatic heterocycles. The lowest BCUT2D eigenvalue weighted by molar-refractivity contribution is -0.892. The predicted octanol–water partition coefficient (Wildman–Crippen LogP) is 5.37. The first-order valence-electron chi connectivity index (χ1n) is 7.77. The minimum absolute atomic E-state index is 0.419. The van der Waals surface area contributed by atoms with Crippen LogP contribution in [-0.4, -0.2) is 24.1 Å². The van der Waals surface area contributed by atoms with Crippen molar-refractivity contribution >= 4 is 0 Å². The molecule has 18 heavy (non-hydrogen) atoms. The summed E-state index contributed by atoms with van der Waals surface area (Å²) < 4.78 is 1.10. The van der Waals surface area contributed by atoms with Crippen molar-refractivity contribution in [2.75, 3.05) is 13.6 Å². The molecular weight excluding hydrogens is 218 g/mol. The van der Waals surface area contributed by atoms with E-state index < -0.39 is 0 Å². The van der Waals surface area contributed by atoms with Crippen LogP contribution in [0.15, 0.2) is 11.8 Å². The smallest absolute Gasteiger partial charge is 0.0947 e. The summed E-state index contributed by atoms with van der Waals surface area (Å²) in [6, 6.07) is 0.748. The molecule has 0 bridgehead atoms. The summed E-state index contributed by atoms with van der Waals surface area (Å²) in [5.41, 5.74) is 1.94. The Labute approximate surface area is 116 Å². The fraction of sp³-hybridized carbons (Fsp3) is 0.882. The molecule has 0 saturated carbocycles. The Morgan fingerprint density at radius 2 is 1.61 bits per heavy atom. The molecule has 0 N–H and O–H groups in total. The van der Waals surface area contributed by atoms with Crippen molar-refractivity contribution in [1.29, 1.82) is 0 Å². The SMILES string of the molecule is CCC(C)=C[N+](C)(CC(C)(C)CC)C(CC)CC. The van der Waals surface area contributed by atoms with E-state index >= 15 is 0 Å². The van der Waals surface area contributed by atoms with Crippen LogP contribution >= 0.6 is 0 Å². The van der Waals surface area contributed by atoms with Gasteiger partial charge in [0.05, 0.1) is 25.8 Å². The van der Waals surface area contributed by atoms with E-state index in [0.717, 1.165) is 10.5 Å². The van der Waals surface area contributed by atoms with Crippen molar-refractivity contribution in [2.45, 2.75) is 80.2 Å².